The second-order valence-electron chi connectivity index (χ2n) is 3.97. The Kier molecular flexibility index (Phi) is 4.97. The van der Waals surface area contributed by atoms with Crippen molar-refractivity contribution >= 4 is 23.4 Å². The first-order valence-electron chi connectivity index (χ1n) is 5.08. The Bertz CT molecular complexity index is 295. The van der Waals surface area contributed by atoms with E-state index in [-0.39, 0.29) is 0 Å². The van der Waals surface area contributed by atoms with Crippen LogP contribution < -0.4 is 0 Å². The molecule has 0 spiro atoms. The molecule has 0 fully saturated rings. The van der Waals surface area contributed by atoms with Crippen LogP contribution in [-0.2, 0) is 5.75 Å². The van der Waals surface area contributed by atoms with E-state index in [1.54, 1.807) is 11.8 Å². The molecule has 3 heteroatoms. The Morgan fingerprint density at radius 3 is 2.47 bits per heavy atom. The molecule has 1 aromatic rings. The van der Waals surface area contributed by atoms with Crippen LogP contribution in [0.25, 0.3) is 0 Å². The van der Waals surface area contributed by atoms with Crippen LogP contribution in [0.15, 0.2) is 24.3 Å². The minimum Gasteiger partial charge on any atom is -0.389 e. The Morgan fingerprint density at radius 2 is 1.93 bits per heavy atom. The third kappa shape index (κ3) is 4.92. The summed E-state index contributed by atoms with van der Waals surface area (Å²) in [5.41, 5.74) is 0.702. The summed E-state index contributed by atoms with van der Waals surface area (Å²) in [6.45, 7) is 3.88. The molecule has 0 amide bonds. The summed E-state index contributed by atoms with van der Waals surface area (Å²) >= 11 is 7.54. The zero-order valence-corrected chi connectivity index (χ0v) is 10.7. The number of hydrogen-bond donors (Lipinski definition) is 1. The maximum Gasteiger partial charge on any atom is 0.0707 e. The molecular formula is C12H17ClOS. The molecule has 0 aliphatic heterocycles. The summed E-state index contributed by atoms with van der Waals surface area (Å²) < 4.78 is 0. The van der Waals surface area contributed by atoms with Crippen LogP contribution in [0, 0.1) is 0 Å². The highest BCUT2D eigenvalue weighted by molar-refractivity contribution is 7.98. The summed E-state index contributed by atoms with van der Waals surface area (Å²) in [5.74, 6) is 1.69. The van der Waals surface area contributed by atoms with Gasteiger partial charge in [-0.05, 0) is 31.0 Å². The maximum atomic E-state index is 9.80. The van der Waals surface area contributed by atoms with Gasteiger partial charge >= 0.3 is 0 Å². The predicted octanol–water partition coefficient (Wildman–Crippen LogP) is 3.73. The van der Waals surface area contributed by atoms with Crippen molar-refractivity contribution in [3.63, 3.8) is 0 Å². The lowest BCUT2D eigenvalue weighted by atomic mass is 10.1. The van der Waals surface area contributed by atoms with E-state index in [2.05, 4.69) is 0 Å². The molecule has 1 rings (SSSR count). The van der Waals surface area contributed by atoms with Crippen molar-refractivity contribution in [1.29, 1.82) is 0 Å². The highest BCUT2D eigenvalue weighted by atomic mass is 35.5. The normalized spacial score (nSPS) is 14.9. The van der Waals surface area contributed by atoms with Gasteiger partial charge in [-0.1, -0.05) is 30.7 Å². The molecule has 1 nitrogen and oxygen atoms in total. The van der Waals surface area contributed by atoms with E-state index in [9.17, 15) is 5.11 Å². The number of hydrogen-bond acceptors (Lipinski definition) is 2. The molecule has 0 bridgehead atoms. The third-order valence-corrected chi connectivity index (χ3v) is 3.97. The van der Waals surface area contributed by atoms with Gasteiger partial charge in [0.1, 0.15) is 0 Å². The summed E-state index contributed by atoms with van der Waals surface area (Å²) in [6.07, 6.45) is 0.792. The minimum atomic E-state index is -0.545. The van der Waals surface area contributed by atoms with Gasteiger partial charge in [0.25, 0.3) is 0 Å². The van der Waals surface area contributed by atoms with Crippen molar-refractivity contribution in [3.8, 4) is 0 Å². The fourth-order valence-electron chi connectivity index (χ4n) is 1.07. The van der Waals surface area contributed by atoms with Crippen molar-refractivity contribution < 1.29 is 5.11 Å². The van der Waals surface area contributed by atoms with Crippen LogP contribution in [0.1, 0.15) is 25.8 Å². The first kappa shape index (κ1) is 12.9. The van der Waals surface area contributed by atoms with E-state index in [0.717, 1.165) is 22.9 Å². The standard InChI is InChI=1S/C12H17ClOS/c1-3-12(2,14)9-15-8-10-4-6-11(13)7-5-10/h4-7,14H,3,8-9H2,1-2H3. The van der Waals surface area contributed by atoms with E-state index < -0.39 is 5.60 Å². The summed E-state index contributed by atoms with van der Waals surface area (Å²) in [5, 5.41) is 10.6. The monoisotopic (exact) mass is 244 g/mol. The van der Waals surface area contributed by atoms with E-state index in [4.69, 9.17) is 11.6 Å². The molecule has 0 radical (unpaired) electrons. The van der Waals surface area contributed by atoms with E-state index in [1.807, 2.05) is 38.1 Å². The minimum absolute atomic E-state index is 0.545. The second-order valence-corrected chi connectivity index (χ2v) is 5.39. The van der Waals surface area contributed by atoms with Crippen LogP contribution >= 0.6 is 23.4 Å². The Morgan fingerprint density at radius 1 is 1.33 bits per heavy atom. The van der Waals surface area contributed by atoms with Gasteiger partial charge in [-0.2, -0.15) is 11.8 Å². The summed E-state index contributed by atoms with van der Waals surface area (Å²) in [4.78, 5) is 0. The molecule has 0 aliphatic carbocycles. The van der Waals surface area contributed by atoms with E-state index in [1.165, 1.54) is 5.56 Å². The number of thioether (sulfide) groups is 1. The Hall–Kier alpha value is -0.180. The smallest absolute Gasteiger partial charge is 0.0707 e. The molecule has 1 unspecified atom stereocenters. The first-order valence-corrected chi connectivity index (χ1v) is 6.61. The molecule has 0 saturated carbocycles. The SMILES string of the molecule is CCC(C)(O)CSCc1ccc(Cl)cc1. The third-order valence-electron chi connectivity index (χ3n) is 2.36. The average molecular weight is 245 g/mol. The molecule has 1 atom stereocenters. The van der Waals surface area contributed by atoms with Gasteiger partial charge in [0.15, 0.2) is 0 Å². The van der Waals surface area contributed by atoms with E-state index in [0.29, 0.717) is 0 Å². The van der Waals surface area contributed by atoms with Gasteiger partial charge in [0.2, 0.25) is 0 Å². The lowest BCUT2D eigenvalue weighted by Gasteiger charge is -2.20. The molecule has 15 heavy (non-hydrogen) atoms. The van der Waals surface area contributed by atoms with Crippen LogP contribution in [0.2, 0.25) is 5.02 Å². The average Bonchev–Trinajstić information content (AvgIpc) is 2.21. The molecular weight excluding hydrogens is 228 g/mol. The second kappa shape index (κ2) is 5.78. The van der Waals surface area contributed by atoms with Crippen molar-refractivity contribution in [2.45, 2.75) is 31.6 Å². The van der Waals surface area contributed by atoms with Crippen molar-refractivity contribution in [2.75, 3.05) is 5.75 Å². The largest absolute Gasteiger partial charge is 0.389 e. The fraction of sp³-hybridized carbons (Fsp3) is 0.500. The number of aliphatic hydroxyl groups is 1. The number of benzene rings is 1. The summed E-state index contributed by atoms with van der Waals surface area (Å²) in [6, 6.07) is 7.84. The molecule has 0 saturated heterocycles. The number of halogens is 1. The van der Waals surface area contributed by atoms with Crippen LogP contribution in [0.4, 0.5) is 0 Å². The predicted molar refractivity (Wildman–Crippen MR) is 68.5 cm³/mol. The topological polar surface area (TPSA) is 20.2 Å². The molecule has 0 heterocycles. The lowest BCUT2D eigenvalue weighted by molar-refractivity contribution is 0.0816. The van der Waals surface area contributed by atoms with Crippen LogP contribution in [0.3, 0.4) is 0 Å². The quantitative estimate of drug-likeness (QED) is 0.852. The lowest BCUT2D eigenvalue weighted by Crippen LogP contribution is -2.25. The maximum absolute atomic E-state index is 9.80. The van der Waals surface area contributed by atoms with Gasteiger partial charge < -0.3 is 5.11 Å². The Labute approximate surface area is 101 Å². The van der Waals surface area contributed by atoms with Crippen molar-refractivity contribution in [2.24, 2.45) is 0 Å². The van der Waals surface area contributed by atoms with Crippen LogP contribution in [0.5, 0.6) is 0 Å². The molecule has 1 aromatic carbocycles. The van der Waals surface area contributed by atoms with Gasteiger partial charge in [-0.3, -0.25) is 0 Å². The Balaban J connectivity index is 2.35. The highest BCUT2D eigenvalue weighted by Gasteiger charge is 2.16. The summed E-state index contributed by atoms with van der Waals surface area (Å²) in [7, 11) is 0. The van der Waals surface area contributed by atoms with Gasteiger partial charge in [0.05, 0.1) is 5.60 Å². The van der Waals surface area contributed by atoms with E-state index >= 15 is 0 Å². The molecule has 1 N–H and O–H groups in total. The zero-order valence-electron chi connectivity index (χ0n) is 9.16. The number of rotatable bonds is 5. The zero-order chi connectivity index (χ0) is 11.3. The molecule has 0 aliphatic rings. The highest BCUT2D eigenvalue weighted by Crippen LogP contribution is 2.21. The van der Waals surface area contributed by atoms with Gasteiger partial charge in [-0.25, -0.2) is 0 Å². The van der Waals surface area contributed by atoms with Crippen molar-refractivity contribution in [1.82, 2.24) is 0 Å². The molecule has 84 valence electrons. The van der Waals surface area contributed by atoms with Crippen LogP contribution in [-0.4, -0.2) is 16.5 Å². The fourth-order valence-corrected chi connectivity index (χ4v) is 2.37. The molecule has 0 aromatic heterocycles. The van der Waals surface area contributed by atoms with Gasteiger partial charge in [-0.15, -0.1) is 0 Å². The first-order chi connectivity index (χ1) is 7.03. The van der Waals surface area contributed by atoms with Crippen molar-refractivity contribution in [3.05, 3.63) is 34.9 Å². The van der Waals surface area contributed by atoms with Gasteiger partial charge in [0, 0.05) is 16.5 Å².